The summed E-state index contributed by atoms with van der Waals surface area (Å²) in [7, 11) is 0. The van der Waals surface area contributed by atoms with Gasteiger partial charge in [-0.3, -0.25) is 9.79 Å². The molecule has 13 heavy (non-hydrogen) atoms. The molecular formula is C8H10N4O. The molecule has 0 aromatic heterocycles. The summed E-state index contributed by atoms with van der Waals surface area (Å²) >= 11 is 0. The first-order chi connectivity index (χ1) is 6.27. The third-order valence-corrected chi connectivity index (χ3v) is 2.03. The average Bonchev–Trinajstić information content (AvgIpc) is 2.48. The number of allylic oxidation sites excluding steroid dienone is 1. The van der Waals surface area contributed by atoms with E-state index >= 15 is 0 Å². The van der Waals surface area contributed by atoms with Crippen LogP contribution in [0.4, 0.5) is 0 Å². The van der Waals surface area contributed by atoms with Crippen LogP contribution >= 0.6 is 0 Å². The Morgan fingerprint density at radius 1 is 1.54 bits per heavy atom. The number of nitrogens with two attached hydrogens (primary N) is 1. The van der Waals surface area contributed by atoms with Crippen molar-refractivity contribution in [2.75, 3.05) is 6.54 Å². The third-order valence-electron chi connectivity index (χ3n) is 2.03. The zero-order valence-corrected chi connectivity index (χ0v) is 7.00. The highest BCUT2D eigenvalue weighted by Crippen LogP contribution is 2.17. The Bertz CT molecular complexity index is 307. The molecule has 0 bridgehead atoms. The van der Waals surface area contributed by atoms with Gasteiger partial charge in [0.25, 0.3) is 0 Å². The van der Waals surface area contributed by atoms with E-state index in [0.29, 0.717) is 0 Å². The van der Waals surface area contributed by atoms with Crippen LogP contribution in [0.3, 0.4) is 0 Å². The van der Waals surface area contributed by atoms with Crippen molar-refractivity contribution < 1.29 is 4.79 Å². The van der Waals surface area contributed by atoms with Crippen LogP contribution in [-0.4, -0.2) is 42.1 Å². The first-order valence-electron chi connectivity index (χ1n) is 4.05. The van der Waals surface area contributed by atoms with Gasteiger partial charge in [0.15, 0.2) is 6.17 Å². The second-order valence-corrected chi connectivity index (χ2v) is 2.99. The van der Waals surface area contributed by atoms with Crippen molar-refractivity contribution in [2.24, 2.45) is 15.7 Å². The Morgan fingerprint density at radius 3 is 3.15 bits per heavy atom. The standard InChI is InChI=1S/C8H10N4O/c9-7(13)4-12-5-11-8-6(12)2-1-3-10-8/h1-3,5-6,8H,4H2,(H2,9,13). The molecule has 0 spiro atoms. The number of primary amides is 1. The molecule has 5 heteroatoms. The van der Waals surface area contributed by atoms with Crippen molar-refractivity contribution >= 4 is 18.5 Å². The van der Waals surface area contributed by atoms with E-state index in [-0.39, 0.29) is 24.7 Å². The molecule has 0 aromatic carbocycles. The molecule has 2 aliphatic heterocycles. The Balaban J connectivity index is 2.09. The van der Waals surface area contributed by atoms with E-state index in [9.17, 15) is 4.79 Å². The Kier molecular flexibility index (Phi) is 1.84. The van der Waals surface area contributed by atoms with E-state index in [2.05, 4.69) is 9.98 Å². The molecule has 2 aliphatic rings. The first kappa shape index (κ1) is 7.97. The molecular weight excluding hydrogens is 168 g/mol. The maximum Gasteiger partial charge on any atom is 0.237 e. The van der Waals surface area contributed by atoms with Crippen LogP contribution in [0.1, 0.15) is 0 Å². The van der Waals surface area contributed by atoms with Gasteiger partial charge in [0.05, 0.1) is 18.9 Å². The molecule has 2 unspecified atom stereocenters. The minimum absolute atomic E-state index is 0.0671. The third kappa shape index (κ3) is 1.44. The molecule has 0 aliphatic carbocycles. The van der Waals surface area contributed by atoms with Gasteiger partial charge in [-0.15, -0.1) is 0 Å². The number of hydrogen-bond donors (Lipinski definition) is 1. The van der Waals surface area contributed by atoms with Crippen molar-refractivity contribution in [2.45, 2.75) is 12.2 Å². The number of hydrogen-bond acceptors (Lipinski definition) is 4. The molecule has 68 valence electrons. The van der Waals surface area contributed by atoms with Crippen LogP contribution in [-0.2, 0) is 4.79 Å². The van der Waals surface area contributed by atoms with Gasteiger partial charge in [0.1, 0.15) is 0 Å². The van der Waals surface area contributed by atoms with E-state index in [0.717, 1.165) is 0 Å². The lowest BCUT2D eigenvalue weighted by atomic mass is 10.2. The second kappa shape index (κ2) is 3.01. The molecule has 2 N–H and O–H groups in total. The van der Waals surface area contributed by atoms with E-state index in [1.54, 1.807) is 17.5 Å². The molecule has 0 fully saturated rings. The Labute approximate surface area is 75.6 Å². The molecule has 0 saturated carbocycles. The first-order valence-corrected chi connectivity index (χ1v) is 4.05. The quantitative estimate of drug-likeness (QED) is 0.598. The zero-order chi connectivity index (χ0) is 9.26. The SMILES string of the molecule is NC(=O)CN1C=NC2N=CC=CC21. The van der Waals surface area contributed by atoms with E-state index in [1.807, 2.05) is 12.2 Å². The summed E-state index contributed by atoms with van der Waals surface area (Å²) in [6, 6.07) is 0.0671. The van der Waals surface area contributed by atoms with Gasteiger partial charge in [-0.25, -0.2) is 4.99 Å². The van der Waals surface area contributed by atoms with Crippen LogP contribution in [0, 0.1) is 0 Å². The summed E-state index contributed by atoms with van der Waals surface area (Å²) in [5.41, 5.74) is 5.09. The fourth-order valence-corrected chi connectivity index (χ4v) is 1.45. The van der Waals surface area contributed by atoms with Gasteiger partial charge in [-0.1, -0.05) is 6.08 Å². The minimum atomic E-state index is -0.352. The van der Waals surface area contributed by atoms with Crippen LogP contribution in [0.15, 0.2) is 22.1 Å². The topological polar surface area (TPSA) is 71.1 Å². The number of rotatable bonds is 2. The van der Waals surface area contributed by atoms with Crippen LogP contribution in [0.25, 0.3) is 0 Å². The number of nitrogens with zero attached hydrogens (tertiary/aromatic N) is 3. The fraction of sp³-hybridized carbons (Fsp3) is 0.375. The highest BCUT2D eigenvalue weighted by molar-refractivity contribution is 5.80. The number of fused-ring (bicyclic) bond motifs is 1. The monoisotopic (exact) mass is 178 g/mol. The Morgan fingerprint density at radius 2 is 2.38 bits per heavy atom. The fourth-order valence-electron chi connectivity index (χ4n) is 1.45. The van der Waals surface area contributed by atoms with Crippen molar-refractivity contribution in [1.82, 2.24) is 4.90 Å². The van der Waals surface area contributed by atoms with Crippen molar-refractivity contribution in [3.63, 3.8) is 0 Å². The molecule has 2 rings (SSSR count). The Hall–Kier alpha value is -1.65. The van der Waals surface area contributed by atoms with Crippen LogP contribution < -0.4 is 5.73 Å². The normalized spacial score (nSPS) is 29.4. The number of carbonyl (C=O) groups is 1. The lowest BCUT2D eigenvalue weighted by molar-refractivity contribution is -0.118. The zero-order valence-electron chi connectivity index (χ0n) is 7.00. The summed E-state index contributed by atoms with van der Waals surface area (Å²) < 4.78 is 0. The molecule has 0 saturated heterocycles. The van der Waals surface area contributed by atoms with E-state index < -0.39 is 0 Å². The molecule has 2 atom stereocenters. The number of dihydropyridines is 1. The lowest BCUT2D eigenvalue weighted by Crippen LogP contribution is -2.40. The molecule has 2 heterocycles. The van der Waals surface area contributed by atoms with Crippen LogP contribution in [0.2, 0.25) is 0 Å². The second-order valence-electron chi connectivity index (χ2n) is 2.99. The minimum Gasteiger partial charge on any atom is -0.368 e. The molecule has 1 amide bonds. The van der Waals surface area contributed by atoms with Crippen molar-refractivity contribution in [3.05, 3.63) is 12.2 Å². The number of amides is 1. The highest BCUT2D eigenvalue weighted by Gasteiger charge is 2.29. The number of carbonyl (C=O) groups excluding carboxylic acids is 1. The smallest absolute Gasteiger partial charge is 0.237 e. The van der Waals surface area contributed by atoms with E-state index in [1.165, 1.54) is 0 Å². The lowest BCUT2D eigenvalue weighted by Gasteiger charge is -2.23. The van der Waals surface area contributed by atoms with Gasteiger partial charge in [-0.2, -0.15) is 0 Å². The highest BCUT2D eigenvalue weighted by atomic mass is 16.1. The number of aliphatic imine (C=N–C) groups is 2. The molecule has 5 nitrogen and oxygen atoms in total. The van der Waals surface area contributed by atoms with Crippen molar-refractivity contribution in [1.29, 1.82) is 0 Å². The predicted octanol–water partition coefficient (Wildman–Crippen LogP) is -0.849. The molecule has 0 radical (unpaired) electrons. The van der Waals surface area contributed by atoms with Crippen molar-refractivity contribution in [3.8, 4) is 0 Å². The van der Waals surface area contributed by atoms with Gasteiger partial charge >= 0.3 is 0 Å². The maximum absolute atomic E-state index is 10.7. The summed E-state index contributed by atoms with van der Waals surface area (Å²) in [6.07, 6.45) is 7.07. The van der Waals surface area contributed by atoms with Gasteiger partial charge in [0, 0.05) is 6.21 Å². The maximum atomic E-state index is 10.7. The van der Waals surface area contributed by atoms with E-state index in [4.69, 9.17) is 5.73 Å². The molecule has 0 aromatic rings. The summed E-state index contributed by atoms with van der Waals surface area (Å²) in [6.45, 7) is 0.199. The van der Waals surface area contributed by atoms with Gasteiger partial charge in [0.2, 0.25) is 5.91 Å². The largest absolute Gasteiger partial charge is 0.368 e. The predicted molar refractivity (Wildman–Crippen MR) is 49.6 cm³/mol. The summed E-state index contributed by atoms with van der Waals surface area (Å²) in [5.74, 6) is -0.352. The van der Waals surface area contributed by atoms with Gasteiger partial charge < -0.3 is 10.6 Å². The summed E-state index contributed by atoms with van der Waals surface area (Å²) in [5, 5.41) is 0. The average molecular weight is 178 g/mol. The summed E-state index contributed by atoms with van der Waals surface area (Å²) in [4.78, 5) is 20.8. The van der Waals surface area contributed by atoms with Crippen LogP contribution in [0.5, 0.6) is 0 Å². The van der Waals surface area contributed by atoms with Gasteiger partial charge in [-0.05, 0) is 6.08 Å².